The number of ether oxygens (including phenoxy) is 1. The van der Waals surface area contributed by atoms with Crippen LogP contribution in [0.15, 0.2) is 122 Å². The zero-order valence-electron chi connectivity index (χ0n) is 38.3. The lowest BCUT2D eigenvalue weighted by Crippen LogP contribution is -2.46. The van der Waals surface area contributed by atoms with Gasteiger partial charge < -0.3 is 20.3 Å². The van der Waals surface area contributed by atoms with E-state index in [0.29, 0.717) is 19.3 Å². The van der Waals surface area contributed by atoms with Crippen molar-refractivity contribution in [3.8, 4) is 0 Å². The smallest absolute Gasteiger partial charge is 0.306 e. The highest BCUT2D eigenvalue weighted by atomic mass is 16.5. The summed E-state index contributed by atoms with van der Waals surface area (Å²) in [5.74, 6) is -0.743. The molecule has 3 N–H and O–H groups in total. The van der Waals surface area contributed by atoms with Crippen LogP contribution in [0, 0.1) is 0 Å². The van der Waals surface area contributed by atoms with E-state index in [1.54, 1.807) is 6.08 Å². The van der Waals surface area contributed by atoms with E-state index in [-0.39, 0.29) is 31.3 Å². The van der Waals surface area contributed by atoms with Gasteiger partial charge in [0.2, 0.25) is 5.91 Å². The third kappa shape index (κ3) is 41.0. The van der Waals surface area contributed by atoms with E-state index in [1.165, 1.54) is 51.4 Å². The molecule has 0 aromatic carbocycles. The molecule has 338 valence electrons. The molecule has 6 heteroatoms. The van der Waals surface area contributed by atoms with Crippen LogP contribution in [0.1, 0.15) is 181 Å². The van der Waals surface area contributed by atoms with Gasteiger partial charge in [-0.3, -0.25) is 9.59 Å². The van der Waals surface area contributed by atoms with Crippen molar-refractivity contribution < 1.29 is 24.5 Å². The van der Waals surface area contributed by atoms with Crippen molar-refractivity contribution in [1.29, 1.82) is 0 Å². The number of unbranched alkanes of at least 4 members (excludes halogenated alkanes) is 10. The second-order valence-electron chi connectivity index (χ2n) is 15.4. The minimum Gasteiger partial charge on any atom is -0.458 e. The maximum Gasteiger partial charge on any atom is 0.306 e. The summed E-state index contributed by atoms with van der Waals surface area (Å²) in [6.07, 6.45) is 64.4. The maximum absolute atomic E-state index is 13.1. The molecule has 0 saturated heterocycles. The Morgan fingerprint density at radius 1 is 0.517 bits per heavy atom. The topological polar surface area (TPSA) is 95.9 Å². The van der Waals surface area contributed by atoms with Crippen LogP contribution in [0.5, 0.6) is 0 Å². The standard InChI is InChI=1S/C54H87NO5/c1-4-7-10-13-16-19-22-24-26-27-29-32-35-38-41-44-47-54(59)60-50(45-42-39-36-33-31-28-25-23-20-17-14-11-8-5-2)48-53(58)55-51(49-56)52(57)46-43-40-37-34-30-21-18-15-12-9-6-3/h7-8,10-11,16-17,19-20,24-26,28-29,32-33,36,38,41-42,45,50-52,56-57H,4-6,9,12-15,18,21-23,27,30-31,34-35,37,39-40,43-44,46-49H2,1-3H3,(H,55,58)/b10-7+,11-8+,19-16+,20-17+,26-24+,28-25+,32-29+,36-33+,41-38+,45-42+. The number of carbonyl (C=O) groups is 2. The first-order valence-electron chi connectivity index (χ1n) is 23.8. The third-order valence-corrected chi connectivity index (χ3v) is 9.79. The van der Waals surface area contributed by atoms with E-state index in [1.807, 2.05) is 18.2 Å². The maximum atomic E-state index is 13.1. The van der Waals surface area contributed by atoms with Gasteiger partial charge in [0.05, 0.1) is 25.2 Å². The highest BCUT2D eigenvalue weighted by Gasteiger charge is 2.23. The Morgan fingerprint density at radius 3 is 1.32 bits per heavy atom. The number of aliphatic hydroxyl groups is 2. The Balaban J connectivity index is 4.91. The summed E-state index contributed by atoms with van der Waals surface area (Å²) in [6.45, 7) is 6.17. The lowest BCUT2D eigenvalue weighted by atomic mass is 10.0. The van der Waals surface area contributed by atoms with Crippen molar-refractivity contribution in [1.82, 2.24) is 5.32 Å². The zero-order chi connectivity index (χ0) is 43.8. The van der Waals surface area contributed by atoms with E-state index in [4.69, 9.17) is 4.74 Å². The lowest BCUT2D eigenvalue weighted by Gasteiger charge is -2.23. The molecule has 0 heterocycles. The van der Waals surface area contributed by atoms with E-state index < -0.39 is 18.2 Å². The highest BCUT2D eigenvalue weighted by Crippen LogP contribution is 2.14. The summed E-state index contributed by atoms with van der Waals surface area (Å²) in [5.41, 5.74) is 0. The van der Waals surface area contributed by atoms with Crippen LogP contribution in [-0.2, 0) is 14.3 Å². The Kier molecular flexibility index (Phi) is 43.4. The molecule has 0 saturated carbocycles. The van der Waals surface area contributed by atoms with Crippen molar-refractivity contribution in [2.75, 3.05) is 6.61 Å². The molecular weight excluding hydrogens is 743 g/mol. The molecular formula is C54H87NO5. The van der Waals surface area contributed by atoms with Crippen molar-refractivity contribution in [3.05, 3.63) is 122 Å². The molecule has 0 aliphatic carbocycles. The van der Waals surface area contributed by atoms with Gasteiger partial charge in [0.1, 0.15) is 6.10 Å². The fourth-order valence-corrected chi connectivity index (χ4v) is 6.26. The summed E-state index contributed by atoms with van der Waals surface area (Å²) in [5, 5.41) is 23.6. The average Bonchev–Trinajstić information content (AvgIpc) is 3.24. The minimum atomic E-state index is -0.837. The van der Waals surface area contributed by atoms with Crippen molar-refractivity contribution in [2.45, 2.75) is 200 Å². The first-order chi connectivity index (χ1) is 29.5. The fourth-order valence-electron chi connectivity index (χ4n) is 6.26. The number of rotatable bonds is 40. The van der Waals surface area contributed by atoms with Gasteiger partial charge in [-0.15, -0.1) is 0 Å². The number of amides is 1. The molecule has 0 radical (unpaired) electrons. The normalized spacial score (nSPS) is 14.4. The monoisotopic (exact) mass is 830 g/mol. The minimum absolute atomic E-state index is 0.0836. The van der Waals surface area contributed by atoms with Gasteiger partial charge in [0.15, 0.2) is 0 Å². The molecule has 0 aromatic rings. The molecule has 0 aliphatic rings. The Labute approximate surface area is 368 Å². The predicted molar refractivity (Wildman–Crippen MR) is 259 cm³/mol. The third-order valence-electron chi connectivity index (χ3n) is 9.79. The van der Waals surface area contributed by atoms with Gasteiger partial charge in [0.25, 0.3) is 0 Å². The molecule has 0 fully saturated rings. The number of esters is 1. The first kappa shape index (κ1) is 56.3. The molecule has 3 atom stereocenters. The van der Waals surface area contributed by atoms with Crippen LogP contribution in [0.4, 0.5) is 0 Å². The summed E-state index contributed by atoms with van der Waals surface area (Å²) in [7, 11) is 0. The second-order valence-corrected chi connectivity index (χ2v) is 15.4. The SMILES string of the molecule is CC/C=C/C/C=C/C/C=C/C/C=C/C/C=C/CCC(=O)OC(/C=C/C/C=C/C/C=C/C/C=C/C/C=C/CC)CC(=O)NC(CO)C(O)CCCCCCCCCCCCC. The number of hydrogen-bond acceptors (Lipinski definition) is 5. The highest BCUT2D eigenvalue weighted by molar-refractivity contribution is 5.78. The van der Waals surface area contributed by atoms with Crippen LogP contribution in [0.25, 0.3) is 0 Å². The van der Waals surface area contributed by atoms with Gasteiger partial charge in [-0.1, -0.05) is 207 Å². The van der Waals surface area contributed by atoms with Gasteiger partial charge >= 0.3 is 5.97 Å². The summed E-state index contributed by atoms with van der Waals surface area (Å²) < 4.78 is 5.76. The molecule has 60 heavy (non-hydrogen) atoms. The molecule has 0 rings (SSSR count). The van der Waals surface area contributed by atoms with E-state index in [2.05, 4.69) is 123 Å². The van der Waals surface area contributed by atoms with E-state index >= 15 is 0 Å². The van der Waals surface area contributed by atoms with Gasteiger partial charge in [-0.05, 0) is 83.1 Å². The Bertz CT molecular complexity index is 1300. The molecule has 3 unspecified atom stereocenters. The molecule has 0 aromatic heterocycles. The molecule has 0 bridgehead atoms. The Morgan fingerprint density at radius 2 is 0.900 bits per heavy atom. The number of hydrogen-bond donors (Lipinski definition) is 3. The first-order valence-corrected chi connectivity index (χ1v) is 23.8. The largest absolute Gasteiger partial charge is 0.458 e. The zero-order valence-corrected chi connectivity index (χ0v) is 38.3. The van der Waals surface area contributed by atoms with Crippen LogP contribution in [0.3, 0.4) is 0 Å². The number of nitrogens with one attached hydrogen (secondary N) is 1. The van der Waals surface area contributed by atoms with Crippen LogP contribution >= 0.6 is 0 Å². The van der Waals surface area contributed by atoms with Crippen molar-refractivity contribution in [2.24, 2.45) is 0 Å². The fraction of sp³-hybridized carbons (Fsp3) is 0.593. The van der Waals surface area contributed by atoms with Crippen LogP contribution in [-0.4, -0.2) is 46.9 Å². The van der Waals surface area contributed by atoms with Gasteiger partial charge in [0, 0.05) is 6.42 Å². The summed E-state index contributed by atoms with van der Waals surface area (Å²) in [6, 6.07) is -0.763. The van der Waals surface area contributed by atoms with Crippen molar-refractivity contribution >= 4 is 11.9 Å². The predicted octanol–water partition coefficient (Wildman–Crippen LogP) is 14.1. The van der Waals surface area contributed by atoms with Crippen LogP contribution in [0.2, 0.25) is 0 Å². The number of carbonyl (C=O) groups excluding carboxylic acids is 2. The van der Waals surface area contributed by atoms with E-state index in [0.717, 1.165) is 77.0 Å². The van der Waals surface area contributed by atoms with Gasteiger partial charge in [-0.2, -0.15) is 0 Å². The molecule has 1 amide bonds. The Hall–Kier alpha value is -3.74. The molecule has 6 nitrogen and oxygen atoms in total. The second kappa shape index (κ2) is 46.3. The molecule has 0 spiro atoms. The van der Waals surface area contributed by atoms with Crippen LogP contribution < -0.4 is 5.32 Å². The van der Waals surface area contributed by atoms with Gasteiger partial charge in [-0.25, -0.2) is 0 Å². The number of allylic oxidation sites excluding steroid dienone is 19. The summed E-state index contributed by atoms with van der Waals surface area (Å²) >= 11 is 0. The average molecular weight is 830 g/mol. The quantitative estimate of drug-likeness (QED) is 0.0325. The van der Waals surface area contributed by atoms with E-state index in [9.17, 15) is 19.8 Å². The molecule has 0 aliphatic heterocycles. The summed E-state index contributed by atoms with van der Waals surface area (Å²) in [4.78, 5) is 26.0. The number of aliphatic hydroxyl groups excluding tert-OH is 2. The van der Waals surface area contributed by atoms with Crippen molar-refractivity contribution in [3.63, 3.8) is 0 Å². The lowest BCUT2D eigenvalue weighted by molar-refractivity contribution is -0.148.